The average Bonchev–Trinajstić information content (AvgIpc) is 3.08. The molecule has 31 heavy (non-hydrogen) atoms. The van der Waals surface area contributed by atoms with E-state index in [1.807, 2.05) is 0 Å². The summed E-state index contributed by atoms with van der Waals surface area (Å²) in [6, 6.07) is 0.483. The number of carbonyl (C=O) groups is 1. The fourth-order valence-electron chi connectivity index (χ4n) is 9.72. The minimum atomic E-state index is 0.349. The van der Waals surface area contributed by atoms with E-state index >= 15 is 0 Å². The Bertz CT molecular complexity index is 657. The van der Waals surface area contributed by atoms with Gasteiger partial charge in [-0.15, -0.1) is 0 Å². The Labute approximate surface area is 193 Å². The Morgan fingerprint density at radius 2 is 1.71 bits per heavy atom. The molecule has 4 fully saturated rings. The molecule has 3 aliphatic carbocycles. The number of likely N-dealkylation sites (tertiary alicyclic amines) is 1. The molecule has 0 N–H and O–H groups in total. The van der Waals surface area contributed by atoms with Crippen molar-refractivity contribution in [3.63, 3.8) is 0 Å². The first kappa shape index (κ1) is 23.6. The van der Waals surface area contributed by atoms with Crippen LogP contribution in [0.4, 0.5) is 0 Å². The summed E-state index contributed by atoms with van der Waals surface area (Å²) in [5, 5.41) is 0. The standard InChI is InChI=1S/C29H51NO/c1-8-21-18-25-29(6,17-15-26(31)30(25)7)24-14-16-28(5)22(12-13-23(28)27(21)24)20(4)11-9-10-19(2)3/h19-25,27H,8-18H2,1-7H3/t20-,21?,22-,23+,24+,25?,27+,28-,29-/m1/s1. The van der Waals surface area contributed by atoms with Crippen molar-refractivity contribution in [2.24, 2.45) is 52.3 Å². The van der Waals surface area contributed by atoms with Crippen molar-refractivity contribution in [3.05, 3.63) is 0 Å². The number of carbonyl (C=O) groups excluding carboxylic acids is 1. The van der Waals surface area contributed by atoms with E-state index in [2.05, 4.69) is 53.5 Å². The summed E-state index contributed by atoms with van der Waals surface area (Å²) in [5.41, 5.74) is 0.909. The maximum absolute atomic E-state index is 12.6. The molecule has 178 valence electrons. The third-order valence-corrected chi connectivity index (χ3v) is 11.5. The summed E-state index contributed by atoms with van der Waals surface area (Å²) in [6.45, 7) is 15.0. The largest absolute Gasteiger partial charge is 0.342 e. The van der Waals surface area contributed by atoms with Crippen LogP contribution in [0.15, 0.2) is 0 Å². The zero-order valence-corrected chi connectivity index (χ0v) is 21.8. The fraction of sp³-hybridized carbons (Fsp3) is 0.966. The SMILES string of the molecule is CCC1CC2N(C)C(=O)CC[C@]2(C)[C@H]2CC[C@]3(C)[C@@H]([C@H](C)CCCC(C)C)CC[C@H]3[C@H]12. The smallest absolute Gasteiger partial charge is 0.222 e. The van der Waals surface area contributed by atoms with E-state index in [1.54, 1.807) is 0 Å². The number of piperidine rings is 1. The number of nitrogens with zero attached hydrogens (tertiary/aromatic N) is 1. The molecule has 2 heteroatoms. The highest BCUT2D eigenvalue weighted by Crippen LogP contribution is 2.68. The molecule has 2 unspecified atom stereocenters. The van der Waals surface area contributed by atoms with Crippen LogP contribution >= 0.6 is 0 Å². The third-order valence-electron chi connectivity index (χ3n) is 11.5. The van der Waals surface area contributed by atoms with E-state index in [0.717, 1.165) is 54.3 Å². The molecule has 0 aromatic rings. The van der Waals surface area contributed by atoms with E-state index in [4.69, 9.17) is 0 Å². The van der Waals surface area contributed by atoms with Gasteiger partial charge in [-0.05, 0) is 90.8 Å². The van der Waals surface area contributed by atoms with Crippen LogP contribution in [-0.4, -0.2) is 23.9 Å². The monoisotopic (exact) mass is 429 g/mol. The second-order valence-corrected chi connectivity index (χ2v) is 13.3. The van der Waals surface area contributed by atoms with Crippen molar-refractivity contribution in [3.8, 4) is 0 Å². The Morgan fingerprint density at radius 1 is 1.00 bits per heavy atom. The summed E-state index contributed by atoms with van der Waals surface area (Å²) in [4.78, 5) is 14.7. The summed E-state index contributed by atoms with van der Waals surface area (Å²) < 4.78 is 0. The fourth-order valence-corrected chi connectivity index (χ4v) is 9.72. The van der Waals surface area contributed by atoms with Crippen LogP contribution in [0.25, 0.3) is 0 Å². The van der Waals surface area contributed by atoms with Crippen molar-refractivity contribution < 1.29 is 4.79 Å². The van der Waals surface area contributed by atoms with Gasteiger partial charge in [-0.3, -0.25) is 4.79 Å². The van der Waals surface area contributed by atoms with Gasteiger partial charge in [0.05, 0.1) is 0 Å². The molecule has 1 amide bonds. The van der Waals surface area contributed by atoms with Gasteiger partial charge in [0.25, 0.3) is 0 Å². The van der Waals surface area contributed by atoms with Crippen molar-refractivity contribution in [2.45, 2.75) is 118 Å². The quantitative estimate of drug-likeness (QED) is 0.426. The predicted octanol–water partition coefficient (Wildman–Crippen LogP) is 7.56. The number of rotatable bonds is 6. The molecule has 1 heterocycles. The van der Waals surface area contributed by atoms with Crippen LogP contribution in [0.2, 0.25) is 0 Å². The summed E-state index contributed by atoms with van der Waals surface area (Å²) in [7, 11) is 2.11. The van der Waals surface area contributed by atoms with Gasteiger partial charge < -0.3 is 4.90 Å². The summed E-state index contributed by atoms with van der Waals surface area (Å²) >= 11 is 0. The highest BCUT2D eigenvalue weighted by molar-refractivity contribution is 5.77. The van der Waals surface area contributed by atoms with E-state index in [9.17, 15) is 4.79 Å². The minimum absolute atomic E-state index is 0.349. The third kappa shape index (κ3) is 3.80. The van der Waals surface area contributed by atoms with E-state index in [1.165, 1.54) is 57.8 Å². The molecule has 2 nitrogen and oxygen atoms in total. The lowest BCUT2D eigenvalue weighted by Gasteiger charge is -2.64. The zero-order valence-electron chi connectivity index (χ0n) is 21.8. The van der Waals surface area contributed by atoms with Gasteiger partial charge in [-0.25, -0.2) is 0 Å². The highest BCUT2D eigenvalue weighted by Gasteiger charge is 2.63. The molecule has 4 aliphatic rings. The second kappa shape index (κ2) is 8.68. The Morgan fingerprint density at radius 3 is 2.39 bits per heavy atom. The lowest BCUT2D eigenvalue weighted by molar-refractivity contribution is -0.169. The molecule has 1 aliphatic heterocycles. The molecule has 3 saturated carbocycles. The van der Waals surface area contributed by atoms with Crippen LogP contribution in [0.5, 0.6) is 0 Å². The normalized spacial score (nSPS) is 45.9. The van der Waals surface area contributed by atoms with E-state index < -0.39 is 0 Å². The Kier molecular flexibility index (Phi) is 6.61. The van der Waals surface area contributed by atoms with Crippen molar-refractivity contribution >= 4 is 5.91 Å². The first-order chi connectivity index (χ1) is 14.6. The number of amides is 1. The van der Waals surface area contributed by atoms with Gasteiger partial charge >= 0.3 is 0 Å². The molecule has 0 aromatic heterocycles. The second-order valence-electron chi connectivity index (χ2n) is 13.3. The van der Waals surface area contributed by atoms with Crippen molar-refractivity contribution in [2.75, 3.05) is 7.05 Å². The van der Waals surface area contributed by atoms with Crippen molar-refractivity contribution in [1.82, 2.24) is 4.90 Å². The van der Waals surface area contributed by atoms with Crippen molar-refractivity contribution in [1.29, 1.82) is 0 Å². The topological polar surface area (TPSA) is 20.3 Å². The Hall–Kier alpha value is -0.530. The molecule has 4 rings (SSSR count). The van der Waals surface area contributed by atoms with E-state index in [0.29, 0.717) is 22.8 Å². The van der Waals surface area contributed by atoms with Gasteiger partial charge in [0.2, 0.25) is 5.91 Å². The van der Waals surface area contributed by atoms with Gasteiger partial charge in [-0.1, -0.05) is 67.2 Å². The maximum atomic E-state index is 12.6. The van der Waals surface area contributed by atoms with Crippen LogP contribution < -0.4 is 0 Å². The molecule has 0 spiro atoms. The lowest BCUT2D eigenvalue weighted by Crippen LogP contribution is -2.63. The minimum Gasteiger partial charge on any atom is -0.342 e. The number of hydrogen-bond donors (Lipinski definition) is 0. The molecular weight excluding hydrogens is 378 g/mol. The van der Waals surface area contributed by atoms with Gasteiger partial charge in [0.1, 0.15) is 0 Å². The first-order valence-electron chi connectivity index (χ1n) is 13.9. The summed E-state index contributed by atoms with van der Waals surface area (Å²) in [6.07, 6.45) is 14.5. The first-order valence-corrected chi connectivity index (χ1v) is 13.9. The number of hydrogen-bond acceptors (Lipinski definition) is 1. The average molecular weight is 430 g/mol. The number of fused-ring (bicyclic) bond motifs is 5. The van der Waals surface area contributed by atoms with E-state index in [-0.39, 0.29) is 0 Å². The highest BCUT2D eigenvalue weighted by atomic mass is 16.2. The van der Waals surface area contributed by atoms with Crippen LogP contribution in [0.3, 0.4) is 0 Å². The molecule has 0 radical (unpaired) electrons. The molecule has 9 atom stereocenters. The lowest BCUT2D eigenvalue weighted by atomic mass is 9.44. The Balaban J connectivity index is 1.56. The van der Waals surface area contributed by atoms with Gasteiger partial charge in [-0.2, -0.15) is 0 Å². The maximum Gasteiger partial charge on any atom is 0.222 e. The summed E-state index contributed by atoms with van der Waals surface area (Å²) in [5.74, 6) is 6.54. The van der Waals surface area contributed by atoms with Crippen LogP contribution in [0.1, 0.15) is 112 Å². The van der Waals surface area contributed by atoms with Gasteiger partial charge in [0, 0.05) is 19.5 Å². The van der Waals surface area contributed by atoms with Crippen LogP contribution in [0, 0.1) is 52.3 Å². The van der Waals surface area contributed by atoms with Crippen LogP contribution in [-0.2, 0) is 4.79 Å². The molecule has 0 bridgehead atoms. The van der Waals surface area contributed by atoms with Gasteiger partial charge in [0.15, 0.2) is 0 Å². The molecular formula is C29H51NO. The molecule has 0 aromatic carbocycles. The molecule has 1 saturated heterocycles. The predicted molar refractivity (Wildman–Crippen MR) is 131 cm³/mol. The zero-order chi connectivity index (χ0) is 22.6.